The zero-order valence-corrected chi connectivity index (χ0v) is 14.9. The number of carboxylic acid groups (broad SMARTS) is 1. The number of aryl methyl sites for hydroxylation is 1. The maximum absolute atomic E-state index is 13.2. The smallest absolute Gasteiger partial charge is 0.462 e. The molecule has 29 heavy (non-hydrogen) atoms. The van der Waals surface area contributed by atoms with E-state index < -0.39 is 24.1 Å². The second-order valence-electron chi connectivity index (χ2n) is 6.03. The lowest BCUT2D eigenvalue weighted by Gasteiger charge is -2.27. The molecule has 0 saturated heterocycles. The van der Waals surface area contributed by atoms with Crippen LogP contribution < -0.4 is 5.43 Å². The summed E-state index contributed by atoms with van der Waals surface area (Å²) in [4.78, 5) is 10.9. The highest BCUT2D eigenvalue weighted by molar-refractivity contribution is 5.87. The van der Waals surface area contributed by atoms with Gasteiger partial charge < -0.3 is 9.67 Å². The van der Waals surface area contributed by atoms with Crippen molar-refractivity contribution in [2.45, 2.75) is 32.0 Å². The van der Waals surface area contributed by atoms with Crippen LogP contribution in [0, 0.1) is 13.8 Å². The maximum Gasteiger partial charge on any atom is 0.462 e. The van der Waals surface area contributed by atoms with Crippen LogP contribution in [0.1, 0.15) is 27.3 Å². The average Bonchev–Trinajstić information content (AvgIpc) is 2.87. The number of aromatic carboxylic acids is 1. The van der Waals surface area contributed by atoms with Crippen molar-refractivity contribution < 1.29 is 40.6 Å². The summed E-state index contributed by atoms with van der Waals surface area (Å²) in [6.07, 6.45) is -5.78. The fourth-order valence-corrected chi connectivity index (χ4v) is 2.50. The molecule has 0 saturated carbocycles. The molecule has 0 radical (unpaired) electrons. The van der Waals surface area contributed by atoms with Crippen LogP contribution >= 0.6 is 0 Å². The minimum absolute atomic E-state index is 0.0371. The molecule has 1 aromatic carbocycles. The summed E-state index contributed by atoms with van der Waals surface area (Å²) in [5.74, 6) is -7.45. The van der Waals surface area contributed by atoms with Crippen LogP contribution in [0.3, 0.4) is 0 Å². The fraction of sp³-hybridized carbons (Fsp3) is 0.294. The first-order valence-electron chi connectivity index (χ1n) is 7.84. The first-order chi connectivity index (χ1) is 13.2. The first-order valence-corrected chi connectivity index (χ1v) is 7.84. The van der Waals surface area contributed by atoms with Gasteiger partial charge in [0.1, 0.15) is 0 Å². The van der Waals surface area contributed by atoms with Crippen LogP contribution in [-0.2, 0) is 0 Å². The maximum atomic E-state index is 13.2. The van der Waals surface area contributed by atoms with Crippen LogP contribution in [0.5, 0.6) is 0 Å². The van der Waals surface area contributed by atoms with Gasteiger partial charge in [0.2, 0.25) is 0 Å². The zero-order valence-electron chi connectivity index (χ0n) is 14.9. The molecular weight excluding hydrogens is 411 g/mol. The number of hydrazone groups is 1. The van der Waals surface area contributed by atoms with Crippen LogP contribution in [0.2, 0.25) is 0 Å². The quantitative estimate of drug-likeness (QED) is 0.310. The van der Waals surface area contributed by atoms with Gasteiger partial charge in [0.15, 0.2) is 0 Å². The molecule has 5 nitrogen and oxygen atoms in total. The molecule has 0 aliphatic rings. The lowest BCUT2D eigenvalue weighted by molar-refractivity contribution is -0.361. The van der Waals surface area contributed by atoms with E-state index in [4.69, 9.17) is 5.11 Å². The second-order valence-corrected chi connectivity index (χ2v) is 6.03. The van der Waals surface area contributed by atoms with E-state index in [1.807, 2.05) is 0 Å². The van der Waals surface area contributed by atoms with Gasteiger partial charge in [0.25, 0.3) is 0 Å². The molecule has 0 aliphatic heterocycles. The third-order valence-electron chi connectivity index (χ3n) is 4.00. The van der Waals surface area contributed by atoms with Crippen molar-refractivity contribution in [1.29, 1.82) is 0 Å². The number of carboxylic acids is 1. The van der Waals surface area contributed by atoms with Gasteiger partial charge in [-0.3, -0.25) is 0 Å². The SMILES string of the molecule is Cc1cc(/C=N/NC(F)(F)C(F)(F)C(F)(F)F)c(C)n1-c1ccc(C(=O)O)cc1. The van der Waals surface area contributed by atoms with E-state index in [9.17, 15) is 35.5 Å². The van der Waals surface area contributed by atoms with Crippen LogP contribution in [0.4, 0.5) is 30.7 Å². The molecule has 0 aliphatic carbocycles. The summed E-state index contributed by atoms with van der Waals surface area (Å²) in [5.41, 5.74) is 2.25. The molecule has 2 N–H and O–H groups in total. The minimum Gasteiger partial charge on any atom is -0.478 e. The molecule has 0 amide bonds. The van der Waals surface area contributed by atoms with E-state index in [-0.39, 0.29) is 11.1 Å². The van der Waals surface area contributed by atoms with Gasteiger partial charge >= 0.3 is 24.1 Å². The number of halogens is 7. The Bertz CT molecular complexity index is 932. The summed E-state index contributed by atoms with van der Waals surface area (Å²) < 4.78 is 90.0. The number of hydrogen-bond donors (Lipinski definition) is 2. The van der Waals surface area contributed by atoms with E-state index in [2.05, 4.69) is 5.10 Å². The Kier molecular flexibility index (Phi) is 5.68. The number of rotatable bonds is 6. The predicted octanol–water partition coefficient (Wildman–Crippen LogP) is 4.51. The Hall–Kier alpha value is -3.05. The Morgan fingerprint density at radius 3 is 2.10 bits per heavy atom. The highest BCUT2D eigenvalue weighted by Crippen LogP contribution is 2.45. The van der Waals surface area contributed by atoms with Gasteiger partial charge in [-0.25, -0.2) is 10.2 Å². The van der Waals surface area contributed by atoms with E-state index in [1.54, 1.807) is 11.5 Å². The van der Waals surface area contributed by atoms with Gasteiger partial charge in [-0.05, 0) is 44.2 Å². The van der Waals surface area contributed by atoms with Crippen molar-refractivity contribution in [1.82, 2.24) is 9.99 Å². The Morgan fingerprint density at radius 2 is 1.62 bits per heavy atom. The molecule has 1 aromatic heterocycles. The Morgan fingerprint density at radius 1 is 1.07 bits per heavy atom. The lowest BCUT2D eigenvalue weighted by Crippen LogP contribution is -2.58. The number of aromatic nitrogens is 1. The molecule has 0 atom stereocenters. The van der Waals surface area contributed by atoms with Crippen molar-refractivity contribution >= 4 is 12.2 Å². The molecule has 0 bridgehead atoms. The molecule has 0 spiro atoms. The lowest BCUT2D eigenvalue weighted by atomic mass is 10.2. The number of benzene rings is 1. The highest BCUT2D eigenvalue weighted by atomic mass is 19.4. The summed E-state index contributed by atoms with van der Waals surface area (Å²) in [5, 5.41) is 11.8. The van der Waals surface area contributed by atoms with Gasteiger partial charge in [0.05, 0.1) is 11.8 Å². The molecule has 1 heterocycles. The van der Waals surface area contributed by atoms with E-state index in [0.29, 0.717) is 28.7 Å². The second kappa shape index (κ2) is 7.41. The van der Waals surface area contributed by atoms with Gasteiger partial charge in [-0.1, -0.05) is 0 Å². The minimum atomic E-state index is -6.46. The molecule has 158 valence electrons. The van der Waals surface area contributed by atoms with Gasteiger partial charge in [0, 0.05) is 22.6 Å². The number of hydrogen-bond acceptors (Lipinski definition) is 3. The van der Waals surface area contributed by atoms with Crippen LogP contribution in [0.15, 0.2) is 35.4 Å². The average molecular weight is 425 g/mol. The third-order valence-corrected chi connectivity index (χ3v) is 4.00. The van der Waals surface area contributed by atoms with Crippen molar-refractivity contribution in [2.75, 3.05) is 0 Å². The zero-order chi connectivity index (χ0) is 22.2. The Balaban J connectivity index is 2.27. The number of nitrogens with one attached hydrogen (secondary N) is 1. The van der Waals surface area contributed by atoms with Crippen LogP contribution in [0.25, 0.3) is 5.69 Å². The molecule has 12 heteroatoms. The first kappa shape index (κ1) is 22.2. The molecular formula is C17H14F7N3O2. The van der Waals surface area contributed by atoms with Crippen molar-refractivity contribution in [2.24, 2.45) is 5.10 Å². The summed E-state index contributed by atoms with van der Waals surface area (Å²) in [6, 6.07) is 1.43. The largest absolute Gasteiger partial charge is 0.478 e. The topological polar surface area (TPSA) is 66.6 Å². The van der Waals surface area contributed by atoms with Crippen molar-refractivity contribution in [3.8, 4) is 5.69 Å². The highest BCUT2D eigenvalue weighted by Gasteiger charge is 2.73. The molecule has 2 rings (SSSR count). The monoisotopic (exact) mass is 425 g/mol. The standard InChI is InChI=1S/C17H14F7N3O2/c1-9-7-12(8-25-26-17(23,24)15(18,19)16(20,21)22)10(2)27(9)13-5-3-11(4-6-13)14(28)29/h3-8,26H,1-2H3,(H,28,29)/b25-8+. The predicted molar refractivity (Wildman–Crippen MR) is 88.9 cm³/mol. The van der Waals surface area contributed by atoms with Gasteiger partial charge in [-0.2, -0.15) is 35.8 Å². The van der Waals surface area contributed by atoms with Crippen molar-refractivity contribution in [3.05, 3.63) is 52.8 Å². The van der Waals surface area contributed by atoms with Crippen LogP contribution in [-0.4, -0.2) is 40.0 Å². The third kappa shape index (κ3) is 4.20. The molecule has 0 fully saturated rings. The number of carbonyl (C=O) groups is 1. The summed E-state index contributed by atoms with van der Waals surface area (Å²) in [7, 11) is 0. The van der Waals surface area contributed by atoms with E-state index in [0.717, 1.165) is 0 Å². The fourth-order valence-electron chi connectivity index (χ4n) is 2.50. The number of alkyl halides is 7. The van der Waals surface area contributed by atoms with Crippen molar-refractivity contribution in [3.63, 3.8) is 0 Å². The normalized spacial score (nSPS) is 13.1. The van der Waals surface area contributed by atoms with Gasteiger partial charge in [-0.15, -0.1) is 0 Å². The summed E-state index contributed by atoms with van der Waals surface area (Å²) in [6.45, 7) is 3.15. The summed E-state index contributed by atoms with van der Waals surface area (Å²) >= 11 is 0. The van der Waals surface area contributed by atoms with E-state index in [1.165, 1.54) is 37.3 Å². The Labute approximate surface area is 159 Å². The number of nitrogens with zero attached hydrogens (tertiary/aromatic N) is 2. The molecule has 2 aromatic rings. The molecule has 0 unspecified atom stereocenters. The van der Waals surface area contributed by atoms with E-state index >= 15 is 0 Å².